The summed E-state index contributed by atoms with van der Waals surface area (Å²) in [6.45, 7) is 0. The third-order valence-electron chi connectivity index (χ3n) is 2.35. The van der Waals surface area contributed by atoms with Crippen LogP contribution in [0.4, 0.5) is 5.13 Å². The van der Waals surface area contributed by atoms with E-state index in [1.54, 1.807) is 0 Å². The van der Waals surface area contributed by atoms with Gasteiger partial charge < -0.3 is 4.98 Å². The first-order chi connectivity index (χ1) is 8.22. The monoisotopic (exact) mass is 313 g/mol. The fourth-order valence-corrected chi connectivity index (χ4v) is 2.55. The molecule has 0 spiro atoms. The van der Waals surface area contributed by atoms with Gasteiger partial charge in [-0.25, -0.2) is 4.98 Å². The van der Waals surface area contributed by atoms with E-state index in [1.165, 1.54) is 30.4 Å². The molecular formula is C9H8BrN5OS. The summed E-state index contributed by atoms with van der Waals surface area (Å²) in [4.78, 5) is 18.4. The molecule has 0 saturated heterocycles. The summed E-state index contributed by atoms with van der Waals surface area (Å²) in [6, 6.07) is 0. The van der Waals surface area contributed by atoms with Crippen molar-refractivity contribution in [2.45, 2.75) is 18.8 Å². The zero-order valence-corrected chi connectivity index (χ0v) is 11.0. The summed E-state index contributed by atoms with van der Waals surface area (Å²) in [7, 11) is 0. The lowest BCUT2D eigenvalue weighted by Gasteiger charge is -1.95. The first-order valence-corrected chi connectivity index (χ1v) is 6.68. The number of anilines is 1. The number of rotatable bonds is 3. The van der Waals surface area contributed by atoms with Crippen LogP contribution < -0.4 is 5.32 Å². The van der Waals surface area contributed by atoms with Gasteiger partial charge in [-0.15, -0.1) is 10.2 Å². The molecule has 3 rings (SSSR count). The summed E-state index contributed by atoms with van der Waals surface area (Å²) >= 11 is 4.62. The Bertz CT molecular complexity index is 561. The smallest absolute Gasteiger partial charge is 0.293 e. The largest absolute Gasteiger partial charge is 0.329 e. The van der Waals surface area contributed by atoms with Gasteiger partial charge in [0.05, 0.1) is 6.20 Å². The highest BCUT2D eigenvalue weighted by Crippen LogP contribution is 2.42. The zero-order chi connectivity index (χ0) is 11.8. The second-order valence-electron chi connectivity index (χ2n) is 3.75. The lowest BCUT2D eigenvalue weighted by molar-refractivity contribution is 0.101. The lowest BCUT2D eigenvalue weighted by Crippen LogP contribution is -2.13. The van der Waals surface area contributed by atoms with Gasteiger partial charge in [0.15, 0.2) is 5.82 Å². The van der Waals surface area contributed by atoms with Gasteiger partial charge >= 0.3 is 0 Å². The molecule has 0 bridgehead atoms. The van der Waals surface area contributed by atoms with Gasteiger partial charge in [0.25, 0.3) is 5.91 Å². The van der Waals surface area contributed by atoms with Crippen LogP contribution in [0.3, 0.4) is 0 Å². The number of carbonyl (C=O) groups excluding carboxylic acids is 1. The predicted octanol–water partition coefficient (Wildman–Crippen LogP) is 2.15. The number of imidazole rings is 1. The first-order valence-electron chi connectivity index (χ1n) is 5.07. The highest BCUT2D eigenvalue weighted by Gasteiger charge is 2.27. The molecule has 88 valence electrons. The molecular weight excluding hydrogens is 306 g/mol. The molecule has 1 aliphatic rings. The minimum atomic E-state index is -0.311. The van der Waals surface area contributed by atoms with E-state index in [-0.39, 0.29) is 11.7 Å². The second kappa shape index (κ2) is 4.19. The van der Waals surface area contributed by atoms with Gasteiger partial charge in [-0.1, -0.05) is 11.3 Å². The van der Waals surface area contributed by atoms with Crippen molar-refractivity contribution in [1.82, 2.24) is 20.2 Å². The number of hydrogen-bond acceptors (Lipinski definition) is 5. The van der Waals surface area contributed by atoms with Gasteiger partial charge in [0.2, 0.25) is 5.13 Å². The van der Waals surface area contributed by atoms with E-state index in [2.05, 4.69) is 41.4 Å². The summed E-state index contributed by atoms with van der Waals surface area (Å²) < 4.78 is 0.665. The number of hydrogen-bond donors (Lipinski definition) is 2. The van der Waals surface area contributed by atoms with E-state index < -0.39 is 0 Å². The van der Waals surface area contributed by atoms with Crippen LogP contribution in [0, 0.1) is 0 Å². The molecule has 1 saturated carbocycles. The third kappa shape index (κ3) is 2.37. The Morgan fingerprint density at radius 1 is 1.53 bits per heavy atom. The zero-order valence-electron chi connectivity index (χ0n) is 8.61. The Morgan fingerprint density at radius 2 is 2.35 bits per heavy atom. The Balaban J connectivity index is 1.71. The molecule has 0 unspecified atom stereocenters. The van der Waals surface area contributed by atoms with Gasteiger partial charge in [-0.3, -0.25) is 10.1 Å². The Morgan fingerprint density at radius 3 is 3.00 bits per heavy atom. The molecule has 8 heteroatoms. The van der Waals surface area contributed by atoms with Crippen LogP contribution in [0.15, 0.2) is 10.8 Å². The molecule has 2 aromatic rings. The normalized spacial score (nSPS) is 14.9. The molecule has 0 aromatic carbocycles. The summed E-state index contributed by atoms with van der Waals surface area (Å²) in [6.07, 6.45) is 3.88. The molecule has 2 aromatic heterocycles. The van der Waals surface area contributed by atoms with Gasteiger partial charge in [-0.05, 0) is 28.8 Å². The topological polar surface area (TPSA) is 83.6 Å². The van der Waals surface area contributed by atoms with Crippen molar-refractivity contribution in [2.75, 3.05) is 5.32 Å². The summed E-state index contributed by atoms with van der Waals surface area (Å²) in [5.41, 5.74) is 0. The molecule has 6 nitrogen and oxygen atoms in total. The van der Waals surface area contributed by atoms with Crippen LogP contribution in [0.25, 0.3) is 0 Å². The van der Waals surface area contributed by atoms with Gasteiger partial charge in [-0.2, -0.15) is 0 Å². The lowest BCUT2D eigenvalue weighted by atomic mass is 10.5. The number of amides is 1. The SMILES string of the molecule is O=C(Nc1nnc(C2CC2)s1)c1ncc(Br)[nH]1. The van der Waals surface area contributed by atoms with Crippen molar-refractivity contribution in [3.05, 3.63) is 21.6 Å². The highest BCUT2D eigenvalue weighted by atomic mass is 79.9. The standard InChI is InChI=1S/C9H8BrN5OS/c10-5-3-11-6(12-5)7(16)13-9-15-14-8(17-9)4-1-2-4/h3-4H,1-2H2,(H,11,12)(H,13,15,16). The van der Waals surface area contributed by atoms with E-state index in [0.717, 1.165) is 5.01 Å². The Hall–Kier alpha value is -1.28. The number of aromatic amines is 1. The highest BCUT2D eigenvalue weighted by molar-refractivity contribution is 9.10. The maximum Gasteiger partial charge on any atom is 0.293 e. The molecule has 1 fully saturated rings. The Kier molecular flexibility index (Phi) is 2.67. The van der Waals surface area contributed by atoms with Crippen molar-refractivity contribution in [3.63, 3.8) is 0 Å². The van der Waals surface area contributed by atoms with Crippen molar-refractivity contribution in [1.29, 1.82) is 0 Å². The summed E-state index contributed by atoms with van der Waals surface area (Å²) in [5.74, 6) is 0.491. The van der Waals surface area contributed by atoms with E-state index >= 15 is 0 Å². The number of carbonyl (C=O) groups is 1. The maximum atomic E-state index is 11.7. The van der Waals surface area contributed by atoms with E-state index in [9.17, 15) is 4.79 Å². The maximum absolute atomic E-state index is 11.7. The first kappa shape index (κ1) is 10.8. The van der Waals surface area contributed by atoms with Crippen LogP contribution in [0.5, 0.6) is 0 Å². The molecule has 1 aliphatic carbocycles. The van der Waals surface area contributed by atoms with Crippen LogP contribution in [0.1, 0.15) is 34.4 Å². The number of aromatic nitrogens is 4. The minimum absolute atomic E-state index is 0.250. The van der Waals surface area contributed by atoms with Gasteiger partial charge in [0, 0.05) is 5.92 Å². The number of nitrogens with zero attached hydrogens (tertiary/aromatic N) is 3. The average molecular weight is 314 g/mol. The number of H-pyrrole nitrogens is 1. The van der Waals surface area contributed by atoms with Crippen LogP contribution in [0.2, 0.25) is 0 Å². The molecule has 17 heavy (non-hydrogen) atoms. The Labute approximate surface area is 109 Å². The van der Waals surface area contributed by atoms with Crippen LogP contribution >= 0.6 is 27.3 Å². The van der Waals surface area contributed by atoms with Crippen molar-refractivity contribution in [2.24, 2.45) is 0 Å². The quantitative estimate of drug-likeness (QED) is 0.909. The van der Waals surface area contributed by atoms with E-state index in [0.29, 0.717) is 15.7 Å². The van der Waals surface area contributed by atoms with Crippen molar-refractivity contribution in [3.8, 4) is 0 Å². The van der Waals surface area contributed by atoms with Gasteiger partial charge in [0.1, 0.15) is 9.61 Å². The number of nitrogens with one attached hydrogen (secondary N) is 2. The third-order valence-corrected chi connectivity index (χ3v) is 3.75. The molecule has 0 atom stereocenters. The van der Waals surface area contributed by atoms with Crippen LogP contribution in [-0.4, -0.2) is 26.1 Å². The van der Waals surface area contributed by atoms with Crippen LogP contribution in [-0.2, 0) is 0 Å². The molecule has 0 aliphatic heterocycles. The fourth-order valence-electron chi connectivity index (χ4n) is 1.35. The molecule has 2 N–H and O–H groups in total. The summed E-state index contributed by atoms with van der Waals surface area (Å²) in [5, 5.41) is 12.2. The minimum Gasteiger partial charge on any atom is -0.329 e. The number of halogens is 1. The molecule has 2 heterocycles. The van der Waals surface area contributed by atoms with E-state index in [1.807, 2.05) is 0 Å². The fraction of sp³-hybridized carbons (Fsp3) is 0.333. The second-order valence-corrected chi connectivity index (χ2v) is 5.62. The average Bonchev–Trinajstić information content (AvgIpc) is 2.90. The predicted molar refractivity (Wildman–Crippen MR) is 66.1 cm³/mol. The molecule has 1 amide bonds. The molecule has 0 radical (unpaired) electrons. The van der Waals surface area contributed by atoms with Crippen molar-refractivity contribution >= 4 is 38.3 Å². The van der Waals surface area contributed by atoms with E-state index in [4.69, 9.17) is 0 Å². The van der Waals surface area contributed by atoms with Crippen molar-refractivity contribution < 1.29 is 4.79 Å².